The van der Waals surface area contributed by atoms with Gasteiger partial charge in [0.25, 0.3) is 0 Å². The number of carbonyl (C=O) groups is 1. The molecule has 4 nitrogen and oxygen atoms in total. The number of halogens is 3. The van der Waals surface area contributed by atoms with Crippen molar-refractivity contribution in [2.75, 3.05) is 6.54 Å². The van der Waals surface area contributed by atoms with Crippen LogP contribution in [0.1, 0.15) is 73.9 Å². The minimum atomic E-state index is -4.34. The highest BCUT2D eigenvalue weighted by Crippen LogP contribution is 2.47. The molecule has 0 saturated heterocycles. The van der Waals surface area contributed by atoms with Gasteiger partial charge in [-0.2, -0.15) is 13.2 Å². The molecule has 1 saturated carbocycles. The second kappa shape index (κ2) is 8.64. The average molecular weight is 504 g/mol. The minimum absolute atomic E-state index is 0.0338. The third kappa shape index (κ3) is 4.86. The van der Waals surface area contributed by atoms with E-state index in [1.54, 1.807) is 12.3 Å². The van der Waals surface area contributed by atoms with Crippen molar-refractivity contribution in [3.8, 4) is 0 Å². The molecule has 4 heterocycles. The first-order chi connectivity index (χ1) is 16.4. The summed E-state index contributed by atoms with van der Waals surface area (Å²) in [6, 6.07) is 6.61. The number of thiophene rings is 1. The van der Waals surface area contributed by atoms with Crippen LogP contribution in [0.25, 0.3) is 11.0 Å². The molecule has 2 aliphatic rings. The second-order valence-corrected chi connectivity index (χ2v) is 12.5. The molecular formula is C27H32F3N3OS. The van der Waals surface area contributed by atoms with Crippen molar-refractivity contribution in [1.29, 1.82) is 0 Å². The van der Waals surface area contributed by atoms with Crippen molar-refractivity contribution in [1.82, 2.24) is 14.5 Å². The number of pyridine rings is 1. The molecule has 1 aliphatic heterocycles. The molecular weight excluding hydrogens is 471 g/mol. The Bertz CT molecular complexity index is 1250. The first-order valence-corrected chi connectivity index (χ1v) is 13.1. The molecule has 3 aromatic rings. The number of rotatable bonds is 4. The van der Waals surface area contributed by atoms with Crippen molar-refractivity contribution < 1.29 is 18.0 Å². The van der Waals surface area contributed by atoms with E-state index >= 15 is 0 Å². The monoisotopic (exact) mass is 503 g/mol. The van der Waals surface area contributed by atoms with E-state index in [9.17, 15) is 18.0 Å². The van der Waals surface area contributed by atoms with Gasteiger partial charge in [0.05, 0.1) is 13.1 Å². The van der Waals surface area contributed by atoms with Crippen LogP contribution in [0.5, 0.6) is 0 Å². The molecule has 1 aliphatic carbocycles. The normalized spacial score (nSPS) is 19.7. The summed E-state index contributed by atoms with van der Waals surface area (Å²) in [5.74, 6) is 0.179. The number of hydrogen-bond donors (Lipinski definition) is 0. The minimum Gasteiger partial charge on any atom is -0.337 e. The zero-order valence-corrected chi connectivity index (χ0v) is 21.4. The molecule has 0 radical (unpaired) electrons. The van der Waals surface area contributed by atoms with Crippen molar-refractivity contribution in [2.45, 2.75) is 78.6 Å². The van der Waals surface area contributed by atoms with Gasteiger partial charge in [-0.3, -0.25) is 4.79 Å². The molecule has 0 bridgehead atoms. The summed E-state index contributed by atoms with van der Waals surface area (Å²) in [4.78, 5) is 20.0. The van der Waals surface area contributed by atoms with Crippen molar-refractivity contribution in [3.63, 3.8) is 0 Å². The van der Waals surface area contributed by atoms with Crippen molar-refractivity contribution >= 4 is 28.3 Å². The van der Waals surface area contributed by atoms with E-state index in [4.69, 9.17) is 0 Å². The Labute approximate surface area is 208 Å². The standard InChI is InChI=1S/C27H32F3N3OS/c1-25(2)9-11-26(3,12-10-25)15-23(34)32-14-8-19-20-5-4-13-31-24(20)33(21(19)17-32)16-18-6-7-22(35-18)27(28,29)30/h4-7,13H,8-12,14-17H2,1-3H3. The topological polar surface area (TPSA) is 38.1 Å². The zero-order valence-electron chi connectivity index (χ0n) is 20.5. The summed E-state index contributed by atoms with van der Waals surface area (Å²) >= 11 is 0.773. The van der Waals surface area contributed by atoms with E-state index in [0.717, 1.165) is 71.8 Å². The van der Waals surface area contributed by atoms with Gasteiger partial charge in [0, 0.05) is 35.1 Å². The summed E-state index contributed by atoms with van der Waals surface area (Å²) in [6.45, 7) is 8.31. The quantitative estimate of drug-likeness (QED) is 0.383. The van der Waals surface area contributed by atoms with Gasteiger partial charge in [-0.25, -0.2) is 4.98 Å². The maximum absolute atomic E-state index is 13.4. The molecule has 35 heavy (non-hydrogen) atoms. The Hall–Kier alpha value is -2.35. The summed E-state index contributed by atoms with van der Waals surface area (Å²) in [7, 11) is 0. The Morgan fingerprint density at radius 1 is 1.11 bits per heavy atom. The molecule has 0 aromatic carbocycles. The fraction of sp³-hybridized carbons (Fsp3) is 0.556. The van der Waals surface area contributed by atoms with E-state index in [1.165, 1.54) is 0 Å². The Morgan fingerprint density at radius 2 is 1.86 bits per heavy atom. The van der Waals surface area contributed by atoms with Crippen molar-refractivity contribution in [2.24, 2.45) is 10.8 Å². The van der Waals surface area contributed by atoms with Gasteiger partial charge >= 0.3 is 6.18 Å². The highest BCUT2D eigenvalue weighted by atomic mass is 32.1. The number of hydrogen-bond acceptors (Lipinski definition) is 3. The molecule has 1 amide bonds. The van der Waals surface area contributed by atoms with Gasteiger partial charge in [0.2, 0.25) is 5.91 Å². The predicted molar refractivity (Wildman–Crippen MR) is 132 cm³/mol. The smallest absolute Gasteiger partial charge is 0.337 e. The lowest BCUT2D eigenvalue weighted by Gasteiger charge is -2.42. The number of alkyl halides is 3. The van der Waals surface area contributed by atoms with Gasteiger partial charge in [0.15, 0.2) is 0 Å². The third-order valence-electron chi connectivity index (χ3n) is 8.01. The van der Waals surface area contributed by atoms with E-state index in [0.29, 0.717) is 36.3 Å². The predicted octanol–water partition coefficient (Wildman–Crippen LogP) is 7.05. The first kappa shape index (κ1) is 24.3. The number of aromatic nitrogens is 2. The molecule has 188 valence electrons. The van der Waals surface area contributed by atoms with E-state index in [2.05, 4.69) is 25.8 Å². The third-order valence-corrected chi connectivity index (χ3v) is 9.13. The summed E-state index contributed by atoms with van der Waals surface area (Å²) in [5, 5.41) is 1.03. The van der Waals surface area contributed by atoms with Crippen LogP contribution in [0.4, 0.5) is 13.2 Å². The van der Waals surface area contributed by atoms with Gasteiger partial charge in [-0.05, 0) is 72.8 Å². The van der Waals surface area contributed by atoms with Crippen LogP contribution in [-0.4, -0.2) is 26.9 Å². The van der Waals surface area contributed by atoms with Crippen LogP contribution in [0.2, 0.25) is 0 Å². The number of fused-ring (bicyclic) bond motifs is 3. The zero-order chi connectivity index (χ0) is 25.0. The van der Waals surface area contributed by atoms with Gasteiger partial charge in [0.1, 0.15) is 10.5 Å². The van der Waals surface area contributed by atoms with Gasteiger partial charge in [-0.15, -0.1) is 11.3 Å². The summed E-state index contributed by atoms with van der Waals surface area (Å²) in [6.07, 6.45) is 3.07. The molecule has 0 unspecified atom stereocenters. The number of nitrogens with zero attached hydrogens (tertiary/aromatic N) is 3. The first-order valence-electron chi connectivity index (χ1n) is 12.3. The van der Waals surface area contributed by atoms with E-state index in [-0.39, 0.29) is 11.3 Å². The van der Waals surface area contributed by atoms with E-state index < -0.39 is 11.1 Å². The lowest BCUT2D eigenvalue weighted by molar-refractivity contribution is -0.136. The Balaban J connectivity index is 1.40. The largest absolute Gasteiger partial charge is 0.425 e. The fourth-order valence-corrected chi connectivity index (χ4v) is 6.46. The fourth-order valence-electron chi connectivity index (χ4n) is 5.60. The second-order valence-electron chi connectivity index (χ2n) is 11.4. The Kier molecular flexibility index (Phi) is 6.01. The van der Waals surface area contributed by atoms with Crippen LogP contribution in [0.3, 0.4) is 0 Å². The van der Waals surface area contributed by atoms with Crippen molar-refractivity contribution in [3.05, 3.63) is 51.5 Å². The average Bonchev–Trinajstić information content (AvgIpc) is 3.40. The maximum Gasteiger partial charge on any atom is 0.425 e. The molecule has 5 rings (SSSR count). The molecule has 0 spiro atoms. The van der Waals surface area contributed by atoms with Gasteiger partial charge < -0.3 is 9.47 Å². The summed E-state index contributed by atoms with van der Waals surface area (Å²) in [5.41, 5.74) is 3.32. The molecule has 3 aromatic heterocycles. The molecule has 8 heteroatoms. The SMILES string of the molecule is CC1(C)CCC(C)(CC(=O)N2CCc3c(n(Cc4ccc(C(F)(F)F)s4)c4ncccc34)C2)CC1. The Morgan fingerprint density at radius 3 is 2.54 bits per heavy atom. The van der Waals surface area contributed by atoms with Gasteiger partial charge in [-0.1, -0.05) is 20.8 Å². The molecule has 0 N–H and O–H groups in total. The van der Waals surface area contributed by atoms with Crippen LogP contribution < -0.4 is 0 Å². The highest BCUT2D eigenvalue weighted by molar-refractivity contribution is 7.12. The summed E-state index contributed by atoms with van der Waals surface area (Å²) < 4.78 is 41.5. The maximum atomic E-state index is 13.4. The lowest BCUT2D eigenvalue weighted by Crippen LogP contribution is -2.40. The lowest BCUT2D eigenvalue weighted by atomic mass is 9.64. The van der Waals surface area contributed by atoms with Crippen LogP contribution >= 0.6 is 11.3 Å². The van der Waals surface area contributed by atoms with E-state index in [1.807, 2.05) is 21.6 Å². The molecule has 0 atom stereocenters. The van der Waals surface area contributed by atoms with Crippen LogP contribution in [-0.2, 0) is 30.5 Å². The number of amides is 1. The van der Waals surface area contributed by atoms with Crippen LogP contribution in [0, 0.1) is 10.8 Å². The number of carbonyl (C=O) groups excluding carboxylic acids is 1. The highest BCUT2D eigenvalue weighted by Gasteiger charge is 2.38. The molecule has 1 fully saturated rings. The van der Waals surface area contributed by atoms with Crippen LogP contribution in [0.15, 0.2) is 30.5 Å².